The molecule has 1 aromatic carbocycles. The van der Waals surface area contributed by atoms with Crippen LogP contribution in [-0.4, -0.2) is 8.42 Å². The Morgan fingerprint density at radius 3 is 2.55 bits per heavy atom. The van der Waals surface area contributed by atoms with Gasteiger partial charge >= 0.3 is 10.2 Å². The third-order valence-corrected chi connectivity index (χ3v) is 1.54. The lowest BCUT2D eigenvalue weighted by Gasteiger charge is -1.93. The van der Waals surface area contributed by atoms with Crippen LogP contribution in [0.5, 0.6) is 0 Å². The Morgan fingerprint density at radius 2 is 2.18 bits per heavy atom. The number of halogens is 1. The second kappa shape index (κ2) is 2.62. The van der Waals surface area contributed by atoms with Crippen LogP contribution < -0.4 is 0 Å². The first-order valence-corrected chi connectivity index (χ1v) is 3.83. The van der Waals surface area contributed by atoms with Crippen LogP contribution in [0.2, 0.25) is 0 Å². The van der Waals surface area contributed by atoms with Gasteiger partial charge in [0.2, 0.25) is 0 Å². The lowest BCUT2D eigenvalue weighted by Crippen LogP contribution is -1.90. The van der Waals surface area contributed by atoms with Crippen LogP contribution in [-0.2, 0) is 10.2 Å². The van der Waals surface area contributed by atoms with Crippen LogP contribution in [0, 0.1) is 6.85 Å². The van der Waals surface area contributed by atoms with Crippen molar-refractivity contribution in [2.45, 2.75) is 11.7 Å². The van der Waals surface area contributed by atoms with E-state index >= 15 is 0 Å². The summed E-state index contributed by atoms with van der Waals surface area (Å²) in [6, 6.07) is -4.64. The summed E-state index contributed by atoms with van der Waals surface area (Å²) < 4.78 is 84.6. The van der Waals surface area contributed by atoms with Crippen molar-refractivity contribution in [1.82, 2.24) is 0 Å². The predicted octanol–water partition coefficient (Wildman–Crippen LogP) is 1.65. The van der Waals surface area contributed by atoms with Crippen LogP contribution in [0.3, 0.4) is 0 Å². The first-order chi connectivity index (χ1) is 7.89. The molecule has 4 heteroatoms. The van der Waals surface area contributed by atoms with Crippen LogP contribution in [0.15, 0.2) is 29.1 Å². The van der Waals surface area contributed by atoms with Crippen LogP contribution >= 0.6 is 0 Å². The van der Waals surface area contributed by atoms with E-state index in [2.05, 4.69) is 0 Å². The topological polar surface area (TPSA) is 34.1 Å². The molecule has 0 saturated carbocycles. The van der Waals surface area contributed by atoms with Crippen LogP contribution in [0.4, 0.5) is 3.89 Å². The minimum Gasteiger partial charge on any atom is -0.189 e. The zero-order chi connectivity index (χ0) is 14.5. The Morgan fingerprint density at radius 1 is 1.64 bits per heavy atom. The maximum Gasteiger partial charge on any atom is 0.332 e. The molecule has 2 nitrogen and oxygen atoms in total. The monoisotopic (exact) mass is 183 g/mol. The van der Waals surface area contributed by atoms with Crippen molar-refractivity contribution < 1.29 is 21.9 Å². The second-order valence-corrected chi connectivity index (χ2v) is 2.93. The van der Waals surface area contributed by atoms with E-state index in [0.717, 1.165) is 0 Å². The smallest absolute Gasteiger partial charge is 0.189 e. The summed E-state index contributed by atoms with van der Waals surface area (Å²) in [7, 11) is -5.47. The minimum absolute atomic E-state index is 0.940. The summed E-state index contributed by atoms with van der Waals surface area (Å²) in [5.41, 5.74) is -0.940. The number of hydrogen-bond acceptors (Lipinski definition) is 2. The fourth-order valence-electron chi connectivity index (χ4n) is 0.423. The van der Waals surface area contributed by atoms with Crippen molar-refractivity contribution in [1.29, 1.82) is 0 Å². The summed E-state index contributed by atoms with van der Waals surface area (Å²) in [4.78, 5) is -1.45. The zero-order valence-corrected chi connectivity index (χ0v) is 5.92. The van der Waals surface area contributed by atoms with Crippen molar-refractivity contribution >= 4 is 10.2 Å². The van der Waals surface area contributed by atoms with E-state index in [4.69, 9.17) is 9.60 Å². The Hall–Kier alpha value is -0.900. The molecule has 0 heterocycles. The molecule has 60 valence electrons. The molecule has 0 aliphatic carbocycles. The van der Waals surface area contributed by atoms with Gasteiger partial charge in [-0.3, -0.25) is 0 Å². The molecule has 0 aliphatic heterocycles. The molecule has 1 aromatic rings. The van der Waals surface area contributed by atoms with Crippen molar-refractivity contribution in [3.05, 3.63) is 29.7 Å². The number of benzene rings is 1. The van der Waals surface area contributed by atoms with E-state index in [1.165, 1.54) is 0 Å². The van der Waals surface area contributed by atoms with Gasteiger partial charge in [-0.15, -0.1) is 3.89 Å². The van der Waals surface area contributed by atoms with Gasteiger partial charge in [0, 0.05) is 4.11 Å². The van der Waals surface area contributed by atoms with Gasteiger partial charge in [-0.2, -0.15) is 8.42 Å². The summed E-state index contributed by atoms with van der Waals surface area (Å²) in [5.74, 6) is 0. The quantitative estimate of drug-likeness (QED) is 0.620. The minimum atomic E-state index is -5.47. The molecule has 0 N–H and O–H groups in total. The first-order valence-electron chi connectivity index (χ1n) is 5.94. The molecule has 1 rings (SSSR count). The van der Waals surface area contributed by atoms with Crippen molar-refractivity contribution in [2.24, 2.45) is 0 Å². The van der Waals surface area contributed by atoms with Crippen molar-refractivity contribution in [3.8, 4) is 0 Å². The van der Waals surface area contributed by atoms with Gasteiger partial charge in [0.15, 0.2) is 0 Å². The summed E-state index contributed by atoms with van der Waals surface area (Å²) in [6.07, 6.45) is 0. The SMILES string of the molecule is [2H]c1c([2H])c(S(=O)(=O)F)c([2H])c([2H])c1C([2H])([3H])[3H]. The van der Waals surface area contributed by atoms with E-state index in [1.54, 1.807) is 0 Å². The van der Waals surface area contributed by atoms with E-state index in [-0.39, 0.29) is 0 Å². The molecule has 0 aliphatic rings. The summed E-state index contributed by atoms with van der Waals surface area (Å²) in [5, 5.41) is 0. The highest BCUT2D eigenvalue weighted by atomic mass is 32.3. The first kappa shape index (κ1) is 2.86. The molecule has 0 amide bonds. The molecule has 0 atom stereocenters. The van der Waals surface area contributed by atoms with Crippen molar-refractivity contribution in [2.75, 3.05) is 0 Å². The third-order valence-electron chi connectivity index (χ3n) is 0.846. The predicted molar refractivity (Wildman–Crippen MR) is 39.5 cm³/mol. The highest BCUT2D eigenvalue weighted by Crippen LogP contribution is 2.11. The Kier molecular flexibility index (Phi) is 0.681. The highest BCUT2D eigenvalue weighted by Gasteiger charge is 2.09. The van der Waals surface area contributed by atoms with E-state index in [0.29, 0.717) is 0 Å². The fraction of sp³-hybridized carbons (Fsp3) is 0.143. The van der Waals surface area contributed by atoms with Gasteiger partial charge in [0.25, 0.3) is 0 Å². The number of rotatable bonds is 1. The zero-order valence-electron chi connectivity index (χ0n) is 12.1. The Labute approximate surface area is 74.7 Å². The normalized spacial score (nSPS) is 21.7. The standard InChI is InChI=1S/C7H7FO2S/c1-6-2-4-7(5-3-6)11(8,9)10/h2-5H,1H3/i1T2D,2D,3D,4D,5D. The average Bonchev–Trinajstić information content (AvgIpc) is 2.10. The summed E-state index contributed by atoms with van der Waals surface area (Å²) in [6.45, 7) is -2.96. The number of hydrogen-bond donors (Lipinski definition) is 0. The molecular formula is C7H7FO2S. The molecule has 0 aromatic heterocycles. The lowest BCUT2D eigenvalue weighted by molar-refractivity contribution is 0.552. The van der Waals surface area contributed by atoms with Crippen LogP contribution in [0.25, 0.3) is 0 Å². The van der Waals surface area contributed by atoms with E-state index in [9.17, 15) is 12.3 Å². The highest BCUT2D eigenvalue weighted by molar-refractivity contribution is 7.86. The van der Waals surface area contributed by atoms with E-state index < -0.39 is 51.7 Å². The Bertz CT molecular complexity index is 578. The van der Waals surface area contributed by atoms with Gasteiger partial charge < -0.3 is 0 Å². The fourth-order valence-corrected chi connectivity index (χ4v) is 0.769. The molecule has 0 bridgehead atoms. The maximum absolute atomic E-state index is 12.9. The summed E-state index contributed by atoms with van der Waals surface area (Å²) >= 11 is 0. The van der Waals surface area contributed by atoms with Gasteiger partial charge in [-0.1, -0.05) is 17.6 Å². The Balaban J connectivity index is 3.90. The molecule has 0 fully saturated rings. The van der Waals surface area contributed by atoms with Gasteiger partial charge in [0.05, 0.1) is 10.4 Å². The molecule has 0 spiro atoms. The average molecular weight is 183 g/mol. The van der Waals surface area contributed by atoms with Gasteiger partial charge in [0.1, 0.15) is 0 Å². The lowest BCUT2D eigenvalue weighted by atomic mass is 10.2. The second-order valence-electron chi connectivity index (χ2n) is 1.64. The van der Waals surface area contributed by atoms with Crippen molar-refractivity contribution in [3.63, 3.8) is 0 Å². The molecule has 0 saturated heterocycles. The third kappa shape index (κ3) is 2.01. The molecule has 0 radical (unpaired) electrons. The van der Waals surface area contributed by atoms with E-state index in [1.807, 2.05) is 0 Å². The van der Waals surface area contributed by atoms with Crippen LogP contribution in [0.1, 0.15) is 15.2 Å². The maximum atomic E-state index is 12.9. The molecule has 0 unspecified atom stereocenters. The van der Waals surface area contributed by atoms with Gasteiger partial charge in [-0.05, 0) is 18.9 Å². The largest absolute Gasteiger partial charge is 0.332 e. The van der Waals surface area contributed by atoms with Gasteiger partial charge in [-0.25, -0.2) is 0 Å². The molecular weight excluding hydrogens is 167 g/mol. The molecule has 11 heavy (non-hydrogen) atoms.